The van der Waals surface area contributed by atoms with Gasteiger partial charge in [-0.2, -0.15) is 0 Å². The highest BCUT2D eigenvalue weighted by Crippen LogP contribution is 2.16. The third-order valence-corrected chi connectivity index (χ3v) is 5.30. The second-order valence-electron chi connectivity index (χ2n) is 7.98. The number of guanidine groups is 1. The molecule has 7 heteroatoms. The van der Waals surface area contributed by atoms with E-state index in [1.54, 1.807) is 7.11 Å². The molecule has 30 heavy (non-hydrogen) atoms. The van der Waals surface area contributed by atoms with Gasteiger partial charge in [-0.1, -0.05) is 37.3 Å². The van der Waals surface area contributed by atoms with Crippen molar-refractivity contribution in [1.29, 1.82) is 0 Å². The molecule has 0 bridgehead atoms. The molecule has 1 saturated heterocycles. The van der Waals surface area contributed by atoms with E-state index < -0.39 is 0 Å². The zero-order valence-corrected chi connectivity index (χ0v) is 21.3. The maximum absolute atomic E-state index is 5.84. The highest BCUT2D eigenvalue weighted by atomic mass is 127. The molecule has 1 aromatic carbocycles. The van der Waals surface area contributed by atoms with Crippen LogP contribution in [0.1, 0.15) is 32.3 Å². The zero-order chi connectivity index (χ0) is 20.7. The van der Waals surface area contributed by atoms with Gasteiger partial charge in [-0.05, 0) is 50.3 Å². The van der Waals surface area contributed by atoms with Crippen LogP contribution >= 0.6 is 24.0 Å². The Morgan fingerprint density at radius 1 is 1.20 bits per heavy atom. The van der Waals surface area contributed by atoms with Crippen molar-refractivity contribution in [2.75, 3.05) is 59.6 Å². The summed E-state index contributed by atoms with van der Waals surface area (Å²) in [5.74, 6) is 2.02. The Balaban J connectivity index is 0.00000450. The lowest BCUT2D eigenvalue weighted by atomic mass is 9.97. The van der Waals surface area contributed by atoms with Crippen LogP contribution in [0.3, 0.4) is 0 Å². The Morgan fingerprint density at radius 2 is 1.93 bits per heavy atom. The molecule has 0 spiro atoms. The summed E-state index contributed by atoms with van der Waals surface area (Å²) in [7, 11) is 1.77. The lowest BCUT2D eigenvalue weighted by Gasteiger charge is -2.32. The molecule has 0 radical (unpaired) electrons. The Labute approximate surface area is 200 Å². The number of halogens is 1. The van der Waals surface area contributed by atoms with Gasteiger partial charge >= 0.3 is 0 Å². The van der Waals surface area contributed by atoms with Crippen molar-refractivity contribution in [2.45, 2.75) is 33.3 Å². The molecule has 1 aliphatic heterocycles. The van der Waals surface area contributed by atoms with E-state index in [-0.39, 0.29) is 24.0 Å². The first-order chi connectivity index (χ1) is 14.2. The Morgan fingerprint density at radius 3 is 2.60 bits per heavy atom. The fraction of sp³-hybridized carbons (Fsp3) is 0.696. The Kier molecular flexibility index (Phi) is 15.2. The van der Waals surface area contributed by atoms with Crippen molar-refractivity contribution in [3.63, 3.8) is 0 Å². The number of rotatable bonds is 12. The van der Waals surface area contributed by atoms with Crippen molar-refractivity contribution in [1.82, 2.24) is 15.5 Å². The summed E-state index contributed by atoms with van der Waals surface area (Å²) in [4.78, 5) is 7.26. The maximum Gasteiger partial charge on any atom is 0.191 e. The molecule has 2 N–H and O–H groups in total. The number of aliphatic imine (C=N–C) groups is 1. The fourth-order valence-corrected chi connectivity index (χ4v) is 3.47. The van der Waals surface area contributed by atoms with Crippen molar-refractivity contribution >= 4 is 29.9 Å². The van der Waals surface area contributed by atoms with Gasteiger partial charge in [0.2, 0.25) is 0 Å². The predicted molar refractivity (Wildman–Crippen MR) is 136 cm³/mol. The lowest BCUT2D eigenvalue weighted by molar-refractivity contribution is 0.0945. The first kappa shape index (κ1) is 27.1. The summed E-state index contributed by atoms with van der Waals surface area (Å²) >= 11 is 0. The second-order valence-corrected chi connectivity index (χ2v) is 7.98. The topological polar surface area (TPSA) is 58.1 Å². The van der Waals surface area contributed by atoms with E-state index in [0.29, 0.717) is 18.4 Å². The van der Waals surface area contributed by atoms with Crippen LogP contribution in [0.25, 0.3) is 0 Å². The average Bonchev–Trinajstić information content (AvgIpc) is 2.75. The SMILES string of the molecule is CCNC(=NCC(C)COCc1ccccc1)NCC1CCN(CCOC)CC1.I. The quantitative estimate of drug-likeness (QED) is 0.246. The van der Waals surface area contributed by atoms with Gasteiger partial charge in [0.1, 0.15) is 0 Å². The van der Waals surface area contributed by atoms with Crippen LogP contribution in [0.4, 0.5) is 0 Å². The van der Waals surface area contributed by atoms with Crippen molar-refractivity contribution in [2.24, 2.45) is 16.8 Å². The third-order valence-electron chi connectivity index (χ3n) is 5.30. The number of benzene rings is 1. The summed E-state index contributed by atoms with van der Waals surface area (Å²) in [5.41, 5.74) is 1.21. The zero-order valence-electron chi connectivity index (χ0n) is 18.9. The lowest BCUT2D eigenvalue weighted by Crippen LogP contribution is -2.43. The third kappa shape index (κ3) is 11.5. The molecule has 1 atom stereocenters. The molecule has 1 unspecified atom stereocenters. The Bertz CT molecular complexity index is 566. The largest absolute Gasteiger partial charge is 0.383 e. The minimum atomic E-state index is 0. The average molecular weight is 533 g/mol. The molecule has 172 valence electrons. The van der Waals surface area contributed by atoms with Gasteiger partial charge in [0.05, 0.1) is 19.8 Å². The highest BCUT2D eigenvalue weighted by molar-refractivity contribution is 14.0. The van der Waals surface area contributed by atoms with E-state index in [9.17, 15) is 0 Å². The standard InChI is InChI=1S/C23H40N4O2.HI/c1-4-24-23(26-17-21-10-12-27(13-11-21)14-15-28-3)25-16-20(2)18-29-19-22-8-6-5-7-9-22;/h5-9,20-21H,4,10-19H2,1-3H3,(H2,24,25,26);1H. The van der Waals surface area contributed by atoms with E-state index in [4.69, 9.17) is 14.5 Å². The van der Waals surface area contributed by atoms with Gasteiger partial charge in [0, 0.05) is 33.3 Å². The number of nitrogens with zero attached hydrogens (tertiary/aromatic N) is 2. The van der Waals surface area contributed by atoms with E-state index >= 15 is 0 Å². The smallest absolute Gasteiger partial charge is 0.191 e. The second kappa shape index (κ2) is 16.8. The molecule has 0 saturated carbocycles. The summed E-state index contributed by atoms with van der Waals surface area (Å²) in [6.45, 7) is 12.5. The van der Waals surface area contributed by atoms with Crippen molar-refractivity contribution in [3.8, 4) is 0 Å². The first-order valence-corrected chi connectivity index (χ1v) is 11.1. The maximum atomic E-state index is 5.84. The van der Waals surface area contributed by atoms with Gasteiger partial charge in [-0.3, -0.25) is 4.99 Å². The van der Waals surface area contributed by atoms with Gasteiger partial charge in [0.15, 0.2) is 5.96 Å². The van der Waals surface area contributed by atoms with E-state index in [2.05, 4.69) is 41.5 Å². The number of nitrogens with one attached hydrogen (secondary N) is 2. The van der Waals surface area contributed by atoms with Crippen LogP contribution in [0, 0.1) is 11.8 Å². The fourth-order valence-electron chi connectivity index (χ4n) is 3.47. The number of hydrogen-bond donors (Lipinski definition) is 2. The molecule has 2 rings (SSSR count). The molecule has 1 fully saturated rings. The molecule has 1 aliphatic rings. The number of hydrogen-bond acceptors (Lipinski definition) is 4. The molecular weight excluding hydrogens is 491 g/mol. The molecule has 0 amide bonds. The van der Waals surface area contributed by atoms with Crippen LogP contribution < -0.4 is 10.6 Å². The first-order valence-electron chi connectivity index (χ1n) is 11.1. The molecule has 0 aliphatic carbocycles. The number of methoxy groups -OCH3 is 1. The summed E-state index contributed by atoms with van der Waals surface area (Å²) in [6.07, 6.45) is 2.47. The Hall–Kier alpha value is -0.900. The van der Waals surface area contributed by atoms with Crippen LogP contribution in [0.5, 0.6) is 0 Å². The normalized spacial score (nSPS) is 16.7. The molecule has 6 nitrogen and oxygen atoms in total. The number of likely N-dealkylation sites (tertiary alicyclic amines) is 1. The van der Waals surface area contributed by atoms with Gasteiger partial charge in [0.25, 0.3) is 0 Å². The summed E-state index contributed by atoms with van der Waals surface area (Å²) < 4.78 is 11.0. The van der Waals surface area contributed by atoms with E-state index in [1.165, 1.54) is 31.5 Å². The predicted octanol–water partition coefficient (Wildman–Crippen LogP) is 3.37. The molecule has 1 heterocycles. The molecule has 1 aromatic rings. The van der Waals surface area contributed by atoms with Gasteiger partial charge in [-0.25, -0.2) is 0 Å². The number of piperidine rings is 1. The van der Waals surface area contributed by atoms with Crippen LogP contribution in [-0.2, 0) is 16.1 Å². The highest BCUT2D eigenvalue weighted by Gasteiger charge is 2.19. The monoisotopic (exact) mass is 532 g/mol. The summed E-state index contributed by atoms with van der Waals surface area (Å²) in [6, 6.07) is 10.3. The van der Waals surface area contributed by atoms with Gasteiger partial charge in [-0.15, -0.1) is 24.0 Å². The van der Waals surface area contributed by atoms with Crippen LogP contribution in [0.2, 0.25) is 0 Å². The van der Waals surface area contributed by atoms with Crippen LogP contribution in [-0.4, -0.2) is 70.5 Å². The van der Waals surface area contributed by atoms with Crippen molar-refractivity contribution < 1.29 is 9.47 Å². The minimum Gasteiger partial charge on any atom is -0.383 e. The van der Waals surface area contributed by atoms with E-state index in [1.807, 2.05) is 18.2 Å². The van der Waals surface area contributed by atoms with Crippen LogP contribution in [0.15, 0.2) is 35.3 Å². The van der Waals surface area contributed by atoms with Crippen molar-refractivity contribution in [3.05, 3.63) is 35.9 Å². The minimum absolute atomic E-state index is 0. The van der Waals surface area contributed by atoms with E-state index in [0.717, 1.165) is 45.4 Å². The molecular formula is C23H41IN4O2. The molecule has 0 aromatic heterocycles. The summed E-state index contributed by atoms with van der Waals surface area (Å²) in [5, 5.41) is 6.91. The van der Waals surface area contributed by atoms with Gasteiger partial charge < -0.3 is 25.0 Å². The number of ether oxygens (including phenoxy) is 2.